The topological polar surface area (TPSA) is 46.2 Å². The summed E-state index contributed by atoms with van der Waals surface area (Å²) in [6, 6.07) is -1.26. The molecule has 0 spiro atoms. The van der Waals surface area contributed by atoms with Crippen LogP contribution < -0.4 is 5.73 Å². The zero-order chi connectivity index (χ0) is 7.65. The molecule has 0 aromatic heterocycles. The fraction of sp³-hybridized carbons (Fsp3) is 1.00. The van der Waals surface area contributed by atoms with Gasteiger partial charge in [0.25, 0.3) is 0 Å². The fourth-order valence-electron chi connectivity index (χ4n) is 0.298. The van der Waals surface area contributed by atoms with E-state index in [1.165, 1.54) is 0 Å². The molecule has 0 unspecified atom stereocenters. The molecule has 0 aromatic carbocycles. The van der Waals surface area contributed by atoms with Gasteiger partial charge in [-0.05, 0) is 6.92 Å². The van der Waals surface area contributed by atoms with E-state index in [0.29, 0.717) is 0 Å². The normalized spacial score (nSPS) is 19.3. The van der Waals surface area contributed by atoms with E-state index in [9.17, 15) is 13.2 Å². The van der Waals surface area contributed by atoms with Crippen molar-refractivity contribution < 1.29 is 18.3 Å². The maximum absolute atomic E-state index is 11.4. The van der Waals surface area contributed by atoms with Gasteiger partial charge < -0.3 is 10.8 Å². The van der Waals surface area contributed by atoms with Crippen molar-refractivity contribution in [3.8, 4) is 0 Å². The molecule has 0 aliphatic rings. The van der Waals surface area contributed by atoms with Gasteiger partial charge in [-0.25, -0.2) is 0 Å². The molecular weight excluding hydrogens is 135 g/mol. The van der Waals surface area contributed by atoms with E-state index in [1.807, 2.05) is 0 Å². The van der Waals surface area contributed by atoms with Crippen LogP contribution in [-0.4, -0.2) is 23.4 Å². The minimum absolute atomic E-state index is 1.10. The summed E-state index contributed by atoms with van der Waals surface area (Å²) in [6.45, 7) is 1.10. The first kappa shape index (κ1) is 8.71. The van der Waals surface area contributed by atoms with Crippen molar-refractivity contribution in [3.63, 3.8) is 0 Å². The Labute approximate surface area is 50.5 Å². The molecule has 0 amide bonds. The van der Waals surface area contributed by atoms with Crippen LogP contribution in [0.25, 0.3) is 0 Å². The lowest BCUT2D eigenvalue weighted by molar-refractivity contribution is -0.208. The first-order chi connectivity index (χ1) is 3.85. The lowest BCUT2D eigenvalue weighted by atomic mass is 10.2. The molecule has 0 aliphatic heterocycles. The van der Waals surface area contributed by atoms with Crippen LogP contribution in [-0.2, 0) is 0 Å². The largest absolute Gasteiger partial charge is 0.415 e. The number of hydrogen-bond acceptors (Lipinski definition) is 2. The van der Waals surface area contributed by atoms with Crippen molar-refractivity contribution in [1.82, 2.24) is 0 Å². The van der Waals surface area contributed by atoms with Crippen LogP contribution in [0.5, 0.6) is 0 Å². The molecule has 0 aromatic rings. The highest BCUT2D eigenvalue weighted by atomic mass is 19.4. The highest BCUT2D eigenvalue weighted by Crippen LogP contribution is 2.21. The van der Waals surface area contributed by atoms with Gasteiger partial charge in [-0.2, -0.15) is 13.2 Å². The molecular formula is C4H8F3NO. The maximum atomic E-state index is 11.4. The Morgan fingerprint density at radius 1 is 1.44 bits per heavy atom. The summed E-state index contributed by atoms with van der Waals surface area (Å²) in [5.74, 6) is 0. The maximum Gasteiger partial charge on any atom is 0.415 e. The fourth-order valence-corrected chi connectivity index (χ4v) is 0.298. The summed E-state index contributed by atoms with van der Waals surface area (Å²) < 4.78 is 34.1. The van der Waals surface area contributed by atoms with Gasteiger partial charge in [0.05, 0.1) is 0 Å². The third-order valence-corrected chi connectivity index (χ3v) is 0.833. The van der Waals surface area contributed by atoms with E-state index in [-0.39, 0.29) is 0 Å². The minimum Gasteiger partial charge on any atom is -0.382 e. The first-order valence-electron chi connectivity index (χ1n) is 2.36. The highest BCUT2D eigenvalue weighted by molar-refractivity contribution is 4.73. The Balaban J connectivity index is 3.88. The van der Waals surface area contributed by atoms with Crippen LogP contribution in [0.2, 0.25) is 0 Å². The SMILES string of the molecule is C[C@H](N)[C@@H](O)C(F)(F)F. The van der Waals surface area contributed by atoms with Crippen LogP contribution >= 0.6 is 0 Å². The minimum atomic E-state index is -4.59. The summed E-state index contributed by atoms with van der Waals surface area (Å²) in [5, 5.41) is 8.21. The zero-order valence-corrected chi connectivity index (χ0v) is 4.81. The van der Waals surface area contributed by atoms with Crippen molar-refractivity contribution in [2.75, 3.05) is 0 Å². The molecule has 0 saturated carbocycles. The lowest BCUT2D eigenvalue weighted by Gasteiger charge is -2.16. The molecule has 0 saturated heterocycles. The summed E-state index contributed by atoms with van der Waals surface area (Å²) >= 11 is 0. The van der Waals surface area contributed by atoms with E-state index in [1.54, 1.807) is 0 Å². The number of aliphatic hydroxyl groups excluding tert-OH is 1. The molecule has 0 aliphatic carbocycles. The quantitative estimate of drug-likeness (QED) is 0.553. The highest BCUT2D eigenvalue weighted by Gasteiger charge is 2.40. The Hall–Kier alpha value is -0.290. The number of rotatable bonds is 1. The molecule has 5 heteroatoms. The number of hydrogen-bond donors (Lipinski definition) is 2. The van der Waals surface area contributed by atoms with Gasteiger partial charge >= 0.3 is 6.18 Å². The van der Waals surface area contributed by atoms with Crippen LogP contribution in [0.15, 0.2) is 0 Å². The Morgan fingerprint density at radius 2 is 1.78 bits per heavy atom. The smallest absolute Gasteiger partial charge is 0.382 e. The summed E-state index contributed by atoms with van der Waals surface area (Å²) in [7, 11) is 0. The monoisotopic (exact) mass is 143 g/mol. The predicted molar refractivity (Wildman–Crippen MR) is 25.7 cm³/mol. The van der Waals surface area contributed by atoms with Crippen molar-refractivity contribution in [1.29, 1.82) is 0 Å². The Morgan fingerprint density at radius 3 is 1.78 bits per heavy atom. The molecule has 2 nitrogen and oxygen atoms in total. The third-order valence-electron chi connectivity index (χ3n) is 0.833. The van der Waals surface area contributed by atoms with E-state index < -0.39 is 18.3 Å². The number of aliphatic hydroxyl groups is 1. The number of halogens is 3. The van der Waals surface area contributed by atoms with Gasteiger partial charge in [0.15, 0.2) is 6.10 Å². The molecule has 3 N–H and O–H groups in total. The van der Waals surface area contributed by atoms with Crippen molar-refractivity contribution in [2.24, 2.45) is 5.73 Å². The van der Waals surface area contributed by atoms with Crippen LogP contribution in [0, 0.1) is 0 Å². The molecule has 0 heterocycles. The van der Waals surface area contributed by atoms with Crippen LogP contribution in [0.1, 0.15) is 6.92 Å². The third kappa shape index (κ3) is 2.67. The van der Waals surface area contributed by atoms with Gasteiger partial charge in [-0.3, -0.25) is 0 Å². The van der Waals surface area contributed by atoms with Gasteiger partial charge in [0.1, 0.15) is 0 Å². The van der Waals surface area contributed by atoms with Gasteiger partial charge in [-0.15, -0.1) is 0 Å². The van der Waals surface area contributed by atoms with Crippen LogP contribution in [0.3, 0.4) is 0 Å². The molecule has 56 valence electrons. The summed E-state index contributed by atoms with van der Waals surface area (Å²) in [6.07, 6.45) is -6.99. The zero-order valence-electron chi connectivity index (χ0n) is 4.81. The first-order valence-corrected chi connectivity index (χ1v) is 2.36. The molecule has 0 fully saturated rings. The van der Waals surface area contributed by atoms with Gasteiger partial charge in [-0.1, -0.05) is 0 Å². The second kappa shape index (κ2) is 2.53. The number of alkyl halides is 3. The van der Waals surface area contributed by atoms with Gasteiger partial charge in [0, 0.05) is 6.04 Å². The van der Waals surface area contributed by atoms with E-state index in [2.05, 4.69) is 0 Å². The molecule has 0 radical (unpaired) electrons. The standard InChI is InChI=1S/C4H8F3NO/c1-2(8)3(9)4(5,6)7/h2-3,9H,8H2,1H3/t2-,3+/m0/s1. The molecule has 0 rings (SSSR count). The van der Waals surface area contributed by atoms with Crippen molar-refractivity contribution in [2.45, 2.75) is 25.2 Å². The Bertz CT molecular complexity index is 90.3. The van der Waals surface area contributed by atoms with E-state index in [0.717, 1.165) is 6.92 Å². The second-order valence-electron chi connectivity index (χ2n) is 1.85. The summed E-state index contributed by atoms with van der Waals surface area (Å²) in [4.78, 5) is 0. The van der Waals surface area contributed by atoms with Gasteiger partial charge in [0.2, 0.25) is 0 Å². The number of nitrogens with two attached hydrogens (primary N) is 1. The van der Waals surface area contributed by atoms with E-state index >= 15 is 0 Å². The van der Waals surface area contributed by atoms with Crippen molar-refractivity contribution in [3.05, 3.63) is 0 Å². The summed E-state index contributed by atoms with van der Waals surface area (Å²) in [5.41, 5.74) is 4.75. The predicted octanol–water partition coefficient (Wildman–Crippen LogP) is 0.257. The second-order valence-corrected chi connectivity index (χ2v) is 1.85. The molecule has 0 bridgehead atoms. The lowest BCUT2D eigenvalue weighted by Crippen LogP contribution is -2.42. The molecule has 2 atom stereocenters. The van der Waals surface area contributed by atoms with Crippen LogP contribution in [0.4, 0.5) is 13.2 Å². The average Bonchev–Trinajstić information content (AvgIpc) is 1.62. The molecule has 9 heavy (non-hydrogen) atoms. The average molecular weight is 143 g/mol. The van der Waals surface area contributed by atoms with Crippen molar-refractivity contribution >= 4 is 0 Å². The Kier molecular flexibility index (Phi) is 2.45. The van der Waals surface area contributed by atoms with E-state index in [4.69, 9.17) is 10.8 Å².